The first kappa shape index (κ1) is 38.3. The van der Waals surface area contributed by atoms with E-state index in [2.05, 4.69) is 0 Å². The summed E-state index contributed by atoms with van der Waals surface area (Å²) in [6.07, 6.45) is 0. The van der Waals surface area contributed by atoms with Crippen molar-refractivity contribution in [3.05, 3.63) is 0 Å². The van der Waals surface area contributed by atoms with Crippen LogP contribution in [0.25, 0.3) is 0 Å². The van der Waals surface area contributed by atoms with E-state index in [1.165, 1.54) is 0 Å². The van der Waals surface area contributed by atoms with Gasteiger partial charge >= 0.3 is 0 Å². The van der Waals surface area contributed by atoms with Crippen LogP contribution in [0.15, 0.2) is 0 Å². The van der Waals surface area contributed by atoms with Crippen molar-refractivity contribution in [1.82, 2.24) is 0 Å². The molecule has 0 saturated heterocycles. The molecule has 0 aliphatic rings. The molecule has 0 heterocycles. The molecule has 0 spiro atoms. The summed E-state index contributed by atoms with van der Waals surface area (Å²) in [5.41, 5.74) is 0. The van der Waals surface area contributed by atoms with Crippen LogP contribution in [0.1, 0.15) is 0 Å². The van der Waals surface area contributed by atoms with E-state index in [-0.39, 0.29) is 114 Å². The molecule has 0 N–H and O–H groups in total. The van der Waals surface area contributed by atoms with Crippen LogP contribution >= 0.6 is 0 Å². The SMILES string of the molecule is [Ce].[Co].[Fe].[Ni].[Ti]. The number of hydrogen-bond acceptors (Lipinski definition) is 0. The van der Waals surface area contributed by atoms with E-state index in [0.717, 1.165) is 0 Å². The fourth-order valence-corrected chi connectivity index (χ4v) is 0. The predicted molar refractivity (Wildman–Crippen MR) is 0 cm³/mol. The Bertz CT molecular complexity index is 11.6. The van der Waals surface area contributed by atoms with Crippen molar-refractivity contribution in [3.8, 4) is 0 Å². The van der Waals surface area contributed by atoms with Crippen molar-refractivity contribution in [2.45, 2.75) is 0 Å². The maximum absolute atomic E-state index is 0. The fourth-order valence-electron chi connectivity index (χ4n) is 0. The summed E-state index contributed by atoms with van der Waals surface area (Å²) in [7, 11) is 0. The second-order valence-corrected chi connectivity index (χ2v) is 0. The van der Waals surface area contributed by atoms with Crippen LogP contribution in [0.4, 0.5) is 0 Å². The molecule has 0 aromatic rings. The van der Waals surface area contributed by atoms with E-state index in [0.29, 0.717) is 0 Å². The molecule has 5 heteroatoms. The minimum atomic E-state index is 0. The first-order valence-electron chi connectivity index (χ1n) is 0. The first-order chi connectivity index (χ1) is 0. The van der Waals surface area contributed by atoms with Crippen LogP contribution < -0.4 is 0 Å². The van der Waals surface area contributed by atoms with E-state index in [1.54, 1.807) is 0 Å². The van der Waals surface area contributed by atoms with Crippen LogP contribution in [-0.2, 0) is 72.1 Å². The number of hydrogen-bond donors (Lipinski definition) is 0. The molecule has 0 fully saturated rings. The van der Waals surface area contributed by atoms with Gasteiger partial charge in [0.05, 0.1) is 0 Å². The maximum Gasteiger partial charge on any atom is 0 e. The zero-order valence-corrected chi connectivity index (χ0v) is 9.84. The topological polar surface area (TPSA) is 0 Å². The van der Waals surface area contributed by atoms with Crippen molar-refractivity contribution in [3.63, 3.8) is 0 Å². The number of rotatable bonds is 0. The van der Waals surface area contributed by atoms with Gasteiger partial charge in [-0.3, -0.25) is 0 Å². The first-order valence-corrected chi connectivity index (χ1v) is 0. The summed E-state index contributed by atoms with van der Waals surface area (Å²) in [4.78, 5) is 0. The summed E-state index contributed by atoms with van der Waals surface area (Å²) in [6.45, 7) is 0. The molecule has 35 valence electrons. The van der Waals surface area contributed by atoms with Gasteiger partial charge in [-0.2, -0.15) is 0 Å². The molecule has 0 aromatic heterocycles. The Morgan fingerprint density at radius 2 is 1.00 bits per heavy atom. The minimum Gasteiger partial charge on any atom is 0 e. The second kappa shape index (κ2) is 25.5. The predicted octanol–water partition coefficient (Wildman–Crippen LogP) is -0.0100. The maximum atomic E-state index is 0. The molecule has 0 atom stereocenters. The van der Waals surface area contributed by atoms with Crippen LogP contribution in [0.3, 0.4) is 0 Å². The van der Waals surface area contributed by atoms with Gasteiger partial charge in [-0.25, -0.2) is 0 Å². The summed E-state index contributed by atoms with van der Waals surface area (Å²) in [5, 5.41) is 0. The molecule has 0 nitrogen and oxygen atoms in total. The molecular weight excluding hydrogens is 361 g/mol. The minimum absolute atomic E-state index is 0. The second-order valence-electron chi connectivity index (χ2n) is 0. The van der Waals surface area contributed by atoms with Gasteiger partial charge in [0.15, 0.2) is 0 Å². The van der Waals surface area contributed by atoms with Crippen molar-refractivity contribution in [1.29, 1.82) is 0 Å². The summed E-state index contributed by atoms with van der Waals surface area (Å²) >= 11 is 0. The van der Waals surface area contributed by atoms with E-state index in [1.807, 2.05) is 0 Å². The van der Waals surface area contributed by atoms with Crippen LogP contribution in [0.5, 0.6) is 0 Å². The van der Waals surface area contributed by atoms with Gasteiger partial charge in [0.2, 0.25) is 0 Å². The third-order valence-corrected chi connectivity index (χ3v) is 0. The van der Waals surface area contributed by atoms with Gasteiger partial charge in [-0.1, -0.05) is 0 Å². The molecule has 0 aliphatic heterocycles. The largest absolute Gasteiger partial charge is 0 e. The van der Waals surface area contributed by atoms with E-state index < -0.39 is 0 Å². The smallest absolute Gasteiger partial charge is 0 e. The molecule has 0 saturated carbocycles. The van der Waals surface area contributed by atoms with Crippen LogP contribution in [0, 0.1) is 41.7 Å². The van der Waals surface area contributed by atoms with Crippen LogP contribution in [0.2, 0.25) is 0 Å². The molecular formula is CeCoFeNiTi. The molecule has 1 radical (unpaired) electrons. The van der Waals surface area contributed by atoms with Gasteiger partial charge in [-0.05, 0) is 0 Å². The molecule has 0 amide bonds. The average Bonchev–Trinajstić information content (AvgIpc) is 0. The Morgan fingerprint density at radius 3 is 1.00 bits per heavy atom. The molecule has 0 unspecified atom stereocenters. The molecule has 5 heavy (non-hydrogen) atoms. The summed E-state index contributed by atoms with van der Waals surface area (Å²) in [6, 6.07) is 0. The zero-order chi connectivity index (χ0) is 0. The average molecular weight is 361 g/mol. The van der Waals surface area contributed by atoms with Gasteiger partial charge in [0, 0.05) is 114 Å². The Morgan fingerprint density at radius 1 is 1.00 bits per heavy atom. The van der Waals surface area contributed by atoms with Gasteiger partial charge in [0.1, 0.15) is 0 Å². The fraction of sp³-hybridized carbons (Fsp3) is 0. The molecule has 0 rings (SSSR count). The monoisotopic (exact) mass is 361 g/mol. The van der Waals surface area contributed by atoms with Crippen molar-refractivity contribution >= 4 is 0 Å². The standard InChI is InChI=1S/Ce.Co.Fe.Ni.Ti. The van der Waals surface area contributed by atoms with E-state index >= 15 is 0 Å². The Hall–Kier alpha value is 3.61. The van der Waals surface area contributed by atoms with Gasteiger partial charge < -0.3 is 0 Å². The van der Waals surface area contributed by atoms with Crippen LogP contribution in [-0.4, -0.2) is 0 Å². The Labute approximate surface area is 111 Å². The Balaban J connectivity index is 0. The zero-order valence-electron chi connectivity index (χ0n) is 2.00. The summed E-state index contributed by atoms with van der Waals surface area (Å²) < 4.78 is 0. The van der Waals surface area contributed by atoms with Gasteiger partial charge in [-0.15, -0.1) is 0 Å². The Kier molecular flexibility index (Phi) is 195. The van der Waals surface area contributed by atoms with Crippen molar-refractivity contribution in [2.24, 2.45) is 0 Å². The quantitative estimate of drug-likeness (QED) is 0.533. The van der Waals surface area contributed by atoms with Crippen molar-refractivity contribution < 1.29 is 114 Å². The van der Waals surface area contributed by atoms with E-state index in [9.17, 15) is 0 Å². The molecule has 0 aromatic carbocycles. The molecule has 0 bridgehead atoms. The van der Waals surface area contributed by atoms with Crippen molar-refractivity contribution in [2.75, 3.05) is 0 Å². The third-order valence-electron chi connectivity index (χ3n) is 0. The normalized spacial score (nSPS) is 0. The molecule has 0 aliphatic carbocycles. The third kappa shape index (κ3) is 18.4. The summed E-state index contributed by atoms with van der Waals surface area (Å²) in [5.74, 6) is 0. The van der Waals surface area contributed by atoms with Gasteiger partial charge in [0.25, 0.3) is 0 Å². The van der Waals surface area contributed by atoms with E-state index in [4.69, 9.17) is 0 Å².